The molecular formula is C28H27FN2O3. The van der Waals surface area contributed by atoms with Gasteiger partial charge in [0.2, 0.25) is 0 Å². The molecule has 0 bridgehead atoms. The van der Waals surface area contributed by atoms with E-state index in [1.165, 1.54) is 13.2 Å². The molecule has 1 aromatic heterocycles. The highest BCUT2D eigenvalue weighted by atomic mass is 19.1. The third kappa shape index (κ3) is 3.85. The summed E-state index contributed by atoms with van der Waals surface area (Å²) in [6.07, 6.45) is 1.70. The number of ether oxygens (including phenoxy) is 1. The smallest absolute Gasteiger partial charge is 0.340 e. The SMILES string of the molecule is COC(=O)C1=C(C)N([C@H](C)c2ccccc2)C(=O)/C1=C\c1cc(C)n(-c2ccccc2F)c1C. The van der Waals surface area contributed by atoms with Crippen LogP contribution in [-0.2, 0) is 14.3 Å². The summed E-state index contributed by atoms with van der Waals surface area (Å²) in [7, 11) is 1.30. The number of carbonyl (C=O) groups excluding carboxylic acids is 2. The summed E-state index contributed by atoms with van der Waals surface area (Å²) < 4.78 is 21.3. The Balaban J connectivity index is 1.83. The Morgan fingerprint density at radius 2 is 1.68 bits per heavy atom. The average molecular weight is 459 g/mol. The molecule has 0 saturated carbocycles. The predicted octanol–water partition coefficient (Wildman–Crippen LogP) is 5.67. The van der Waals surface area contributed by atoms with Crippen molar-refractivity contribution in [3.63, 3.8) is 0 Å². The number of aromatic nitrogens is 1. The van der Waals surface area contributed by atoms with Crippen molar-refractivity contribution in [1.29, 1.82) is 0 Å². The van der Waals surface area contributed by atoms with Crippen molar-refractivity contribution in [3.8, 4) is 5.69 Å². The molecule has 2 heterocycles. The van der Waals surface area contributed by atoms with Gasteiger partial charge in [-0.05, 0) is 63.1 Å². The number of para-hydroxylation sites is 1. The van der Waals surface area contributed by atoms with Crippen LogP contribution in [0.25, 0.3) is 11.8 Å². The van der Waals surface area contributed by atoms with Crippen molar-refractivity contribution in [1.82, 2.24) is 9.47 Å². The molecule has 6 heteroatoms. The molecule has 2 aromatic carbocycles. The normalized spacial score (nSPS) is 15.9. The second kappa shape index (κ2) is 9.14. The van der Waals surface area contributed by atoms with Crippen molar-refractivity contribution in [2.45, 2.75) is 33.7 Å². The van der Waals surface area contributed by atoms with E-state index in [4.69, 9.17) is 4.74 Å². The third-order valence-corrected chi connectivity index (χ3v) is 6.36. The van der Waals surface area contributed by atoms with Gasteiger partial charge >= 0.3 is 5.97 Å². The zero-order chi connectivity index (χ0) is 24.6. The molecule has 0 spiro atoms. The first-order valence-electron chi connectivity index (χ1n) is 11.1. The molecule has 1 atom stereocenters. The molecule has 1 aliphatic rings. The Labute approximate surface area is 198 Å². The van der Waals surface area contributed by atoms with Gasteiger partial charge in [-0.25, -0.2) is 9.18 Å². The first-order chi connectivity index (χ1) is 16.3. The lowest BCUT2D eigenvalue weighted by molar-refractivity contribution is -0.136. The number of esters is 1. The van der Waals surface area contributed by atoms with Crippen LogP contribution in [0.4, 0.5) is 4.39 Å². The predicted molar refractivity (Wildman–Crippen MR) is 130 cm³/mol. The second-order valence-corrected chi connectivity index (χ2v) is 8.39. The summed E-state index contributed by atoms with van der Waals surface area (Å²) in [5, 5.41) is 0. The highest BCUT2D eigenvalue weighted by molar-refractivity contribution is 6.16. The number of methoxy groups -OCH3 is 1. The Morgan fingerprint density at radius 3 is 2.32 bits per heavy atom. The summed E-state index contributed by atoms with van der Waals surface area (Å²) in [5.41, 5.74) is 4.74. The number of benzene rings is 2. The molecular weight excluding hydrogens is 431 g/mol. The van der Waals surface area contributed by atoms with E-state index in [9.17, 15) is 14.0 Å². The molecule has 1 amide bonds. The minimum atomic E-state index is -0.567. The van der Waals surface area contributed by atoms with E-state index in [-0.39, 0.29) is 28.9 Å². The van der Waals surface area contributed by atoms with E-state index in [1.807, 2.05) is 57.2 Å². The summed E-state index contributed by atoms with van der Waals surface area (Å²) in [4.78, 5) is 28.0. The Kier molecular flexibility index (Phi) is 6.24. The maximum Gasteiger partial charge on any atom is 0.340 e. The van der Waals surface area contributed by atoms with E-state index in [1.54, 1.807) is 40.7 Å². The lowest BCUT2D eigenvalue weighted by Gasteiger charge is -2.26. The standard InChI is InChI=1S/C28H27FN2O3/c1-17-15-22(19(3)30(17)25-14-10-9-13-24(25)29)16-23-26(28(33)34-5)20(4)31(27(23)32)18(2)21-11-7-6-8-12-21/h6-16,18H,1-5H3/b23-16-/t18-/m1/s1. The van der Waals surface area contributed by atoms with E-state index >= 15 is 0 Å². The molecule has 0 saturated heterocycles. The van der Waals surface area contributed by atoms with Gasteiger partial charge in [-0.15, -0.1) is 0 Å². The Bertz CT molecular complexity index is 1330. The summed E-state index contributed by atoms with van der Waals surface area (Å²) in [6, 6.07) is 17.8. The largest absolute Gasteiger partial charge is 0.465 e. The summed E-state index contributed by atoms with van der Waals surface area (Å²) in [5.74, 6) is -1.18. The van der Waals surface area contributed by atoms with Gasteiger partial charge in [0.1, 0.15) is 5.82 Å². The fraction of sp³-hybridized carbons (Fsp3) is 0.214. The zero-order valence-electron chi connectivity index (χ0n) is 19.9. The van der Waals surface area contributed by atoms with Crippen LogP contribution in [0.3, 0.4) is 0 Å². The molecule has 0 unspecified atom stereocenters. The number of nitrogens with zero attached hydrogens (tertiary/aromatic N) is 2. The molecule has 34 heavy (non-hydrogen) atoms. The van der Waals surface area contributed by atoms with Crippen molar-refractivity contribution in [3.05, 3.63) is 106 Å². The maximum absolute atomic E-state index is 14.5. The second-order valence-electron chi connectivity index (χ2n) is 8.39. The van der Waals surface area contributed by atoms with Crippen molar-refractivity contribution >= 4 is 18.0 Å². The fourth-order valence-electron chi connectivity index (χ4n) is 4.64. The van der Waals surface area contributed by atoms with Gasteiger partial charge in [0, 0.05) is 17.1 Å². The third-order valence-electron chi connectivity index (χ3n) is 6.36. The average Bonchev–Trinajstić information content (AvgIpc) is 3.25. The number of hydrogen-bond acceptors (Lipinski definition) is 3. The van der Waals surface area contributed by atoms with Crippen LogP contribution in [0.1, 0.15) is 42.4 Å². The minimum Gasteiger partial charge on any atom is -0.465 e. The fourth-order valence-corrected chi connectivity index (χ4v) is 4.64. The van der Waals surface area contributed by atoms with Crippen LogP contribution in [0.15, 0.2) is 77.5 Å². The van der Waals surface area contributed by atoms with E-state index in [0.29, 0.717) is 11.4 Å². The van der Waals surface area contributed by atoms with Gasteiger partial charge in [-0.2, -0.15) is 0 Å². The number of amides is 1. The van der Waals surface area contributed by atoms with Gasteiger partial charge in [0.05, 0.1) is 30.0 Å². The van der Waals surface area contributed by atoms with Gasteiger partial charge in [-0.1, -0.05) is 42.5 Å². The first-order valence-corrected chi connectivity index (χ1v) is 11.1. The molecule has 0 fully saturated rings. The van der Waals surface area contributed by atoms with E-state index in [0.717, 1.165) is 22.5 Å². The van der Waals surface area contributed by atoms with Crippen molar-refractivity contribution in [2.75, 3.05) is 7.11 Å². The minimum absolute atomic E-state index is 0.242. The van der Waals surface area contributed by atoms with Crippen LogP contribution in [-0.4, -0.2) is 28.5 Å². The number of rotatable bonds is 5. The Morgan fingerprint density at radius 1 is 1.03 bits per heavy atom. The molecule has 1 aliphatic heterocycles. The summed E-state index contributed by atoms with van der Waals surface area (Å²) >= 11 is 0. The number of carbonyl (C=O) groups is 2. The highest BCUT2D eigenvalue weighted by Crippen LogP contribution is 2.38. The van der Waals surface area contributed by atoms with Crippen molar-refractivity contribution in [2.24, 2.45) is 0 Å². The molecule has 0 aliphatic carbocycles. The summed E-state index contributed by atoms with van der Waals surface area (Å²) in [6.45, 7) is 7.43. The lowest BCUT2D eigenvalue weighted by Crippen LogP contribution is -2.28. The lowest BCUT2D eigenvalue weighted by atomic mass is 10.0. The van der Waals surface area contributed by atoms with E-state index < -0.39 is 5.97 Å². The van der Waals surface area contributed by atoms with Crippen LogP contribution >= 0.6 is 0 Å². The number of halogens is 1. The van der Waals surface area contributed by atoms with Gasteiger partial charge in [0.25, 0.3) is 5.91 Å². The van der Waals surface area contributed by atoms with Gasteiger partial charge in [-0.3, -0.25) is 4.79 Å². The topological polar surface area (TPSA) is 51.5 Å². The molecule has 0 N–H and O–H groups in total. The quantitative estimate of drug-likeness (QED) is 0.366. The molecule has 174 valence electrons. The number of hydrogen-bond donors (Lipinski definition) is 0. The molecule has 0 radical (unpaired) electrons. The Hall–Kier alpha value is -3.93. The van der Waals surface area contributed by atoms with Crippen LogP contribution in [0.5, 0.6) is 0 Å². The zero-order valence-corrected chi connectivity index (χ0v) is 19.9. The van der Waals surface area contributed by atoms with Crippen molar-refractivity contribution < 1.29 is 18.7 Å². The first kappa shape index (κ1) is 23.2. The number of allylic oxidation sites excluding steroid dienone is 1. The number of aryl methyl sites for hydroxylation is 1. The van der Waals surface area contributed by atoms with Gasteiger partial charge in [0.15, 0.2) is 0 Å². The van der Waals surface area contributed by atoms with Crippen LogP contribution in [0.2, 0.25) is 0 Å². The van der Waals surface area contributed by atoms with E-state index in [2.05, 4.69) is 0 Å². The maximum atomic E-state index is 14.5. The molecule has 4 rings (SSSR count). The van der Waals surface area contributed by atoms with Crippen LogP contribution < -0.4 is 0 Å². The van der Waals surface area contributed by atoms with Gasteiger partial charge < -0.3 is 14.2 Å². The highest BCUT2D eigenvalue weighted by Gasteiger charge is 2.39. The van der Waals surface area contributed by atoms with Crippen LogP contribution in [0, 0.1) is 19.7 Å². The molecule has 3 aromatic rings. The molecule has 5 nitrogen and oxygen atoms in total. The monoisotopic (exact) mass is 458 g/mol.